The van der Waals surface area contributed by atoms with Crippen LogP contribution in [0.1, 0.15) is 18.6 Å². The molecule has 1 aliphatic heterocycles. The number of hydrogen-bond acceptors (Lipinski definition) is 5. The first-order chi connectivity index (χ1) is 13.8. The smallest absolute Gasteiger partial charge is 0.225 e. The molecule has 1 aliphatic rings. The van der Waals surface area contributed by atoms with E-state index in [-0.39, 0.29) is 11.8 Å². The lowest BCUT2D eigenvalue weighted by atomic mass is 9.97. The highest BCUT2D eigenvalue weighted by molar-refractivity contribution is 5.84. The minimum Gasteiger partial charge on any atom is -0.467 e. The second kappa shape index (κ2) is 6.99. The Morgan fingerprint density at radius 1 is 1.21 bits per heavy atom. The molecule has 0 aromatic carbocycles. The van der Waals surface area contributed by atoms with Crippen LogP contribution in [0.4, 0.5) is 5.82 Å². The summed E-state index contributed by atoms with van der Waals surface area (Å²) < 4.78 is 7.41. The Balaban J connectivity index is 1.40. The van der Waals surface area contributed by atoms with Gasteiger partial charge >= 0.3 is 0 Å². The van der Waals surface area contributed by atoms with Crippen LogP contribution in [-0.2, 0) is 11.3 Å². The van der Waals surface area contributed by atoms with Crippen molar-refractivity contribution in [2.24, 2.45) is 5.92 Å². The standard InChI is InChI=1S/C21H21N5O2/c27-21(23-13-16-6-4-12-28-16)15-5-2-10-25(14-15)20-18-8-3-11-26(18)17-7-1-9-22-19(17)24-20/h1,3-4,6-9,11-12,15H,2,5,10,13-14H2,(H,23,27)/t15-/m0/s1. The first kappa shape index (κ1) is 16.8. The maximum atomic E-state index is 12.7. The van der Waals surface area contributed by atoms with Gasteiger partial charge in [0.1, 0.15) is 5.76 Å². The highest BCUT2D eigenvalue weighted by Gasteiger charge is 2.28. The molecule has 0 radical (unpaired) electrons. The van der Waals surface area contributed by atoms with E-state index in [1.165, 1.54) is 0 Å². The van der Waals surface area contributed by atoms with Gasteiger partial charge in [-0.15, -0.1) is 0 Å². The molecule has 7 heteroatoms. The Kier molecular flexibility index (Phi) is 4.20. The van der Waals surface area contributed by atoms with Crippen LogP contribution in [0.15, 0.2) is 59.5 Å². The number of anilines is 1. The first-order valence-corrected chi connectivity index (χ1v) is 9.56. The van der Waals surface area contributed by atoms with Crippen molar-refractivity contribution in [1.29, 1.82) is 0 Å². The Hall–Kier alpha value is -3.35. The number of hydrogen-bond donors (Lipinski definition) is 1. The molecule has 0 spiro atoms. The predicted octanol–water partition coefficient (Wildman–Crippen LogP) is 3.01. The fourth-order valence-corrected chi connectivity index (χ4v) is 3.94. The Bertz CT molecular complexity index is 1120. The highest BCUT2D eigenvalue weighted by atomic mass is 16.3. The Labute approximate surface area is 162 Å². The minimum atomic E-state index is -0.0695. The molecule has 1 N–H and O–H groups in total. The van der Waals surface area contributed by atoms with Gasteiger partial charge in [-0.05, 0) is 49.2 Å². The maximum absolute atomic E-state index is 12.7. The molecule has 1 saturated heterocycles. The SMILES string of the molecule is O=C(NCc1ccco1)[C@H]1CCCN(c2nc3ncccc3n3cccc23)C1. The summed E-state index contributed by atoms with van der Waals surface area (Å²) >= 11 is 0. The van der Waals surface area contributed by atoms with Crippen LogP contribution in [0, 0.1) is 5.92 Å². The van der Waals surface area contributed by atoms with E-state index in [1.807, 2.05) is 36.5 Å². The van der Waals surface area contributed by atoms with Crippen molar-refractivity contribution in [3.63, 3.8) is 0 Å². The lowest BCUT2D eigenvalue weighted by Crippen LogP contribution is -2.43. The van der Waals surface area contributed by atoms with Gasteiger partial charge in [0.2, 0.25) is 5.91 Å². The number of piperidine rings is 1. The number of carbonyl (C=O) groups excluding carboxylic acids is 1. The van der Waals surface area contributed by atoms with Gasteiger partial charge in [0.25, 0.3) is 0 Å². The van der Waals surface area contributed by atoms with Crippen LogP contribution < -0.4 is 10.2 Å². The van der Waals surface area contributed by atoms with Gasteiger partial charge in [-0.2, -0.15) is 0 Å². The van der Waals surface area contributed by atoms with Crippen LogP contribution >= 0.6 is 0 Å². The van der Waals surface area contributed by atoms with E-state index in [0.717, 1.165) is 42.0 Å². The quantitative estimate of drug-likeness (QED) is 0.593. The van der Waals surface area contributed by atoms with Crippen LogP contribution in [0.25, 0.3) is 16.7 Å². The number of nitrogens with zero attached hydrogens (tertiary/aromatic N) is 4. The fraction of sp³-hybridized carbons (Fsp3) is 0.286. The van der Waals surface area contributed by atoms with Crippen molar-refractivity contribution < 1.29 is 9.21 Å². The summed E-state index contributed by atoms with van der Waals surface area (Å²) in [5.41, 5.74) is 2.73. The molecule has 5 rings (SSSR count). The van der Waals surface area contributed by atoms with E-state index in [2.05, 4.69) is 25.7 Å². The molecule has 4 aromatic heterocycles. The summed E-state index contributed by atoms with van der Waals surface area (Å²) in [6, 6.07) is 11.7. The molecule has 5 heterocycles. The number of furan rings is 1. The van der Waals surface area contributed by atoms with Crippen molar-refractivity contribution in [1.82, 2.24) is 19.7 Å². The first-order valence-electron chi connectivity index (χ1n) is 9.56. The minimum absolute atomic E-state index is 0.0615. The van der Waals surface area contributed by atoms with E-state index in [4.69, 9.17) is 9.40 Å². The number of carbonyl (C=O) groups is 1. The van der Waals surface area contributed by atoms with Crippen LogP contribution in [0.5, 0.6) is 0 Å². The van der Waals surface area contributed by atoms with E-state index < -0.39 is 0 Å². The molecule has 0 unspecified atom stereocenters. The molecule has 1 amide bonds. The van der Waals surface area contributed by atoms with Gasteiger partial charge in [0.05, 0.1) is 29.8 Å². The van der Waals surface area contributed by atoms with Gasteiger partial charge in [-0.3, -0.25) is 4.79 Å². The van der Waals surface area contributed by atoms with E-state index in [0.29, 0.717) is 18.7 Å². The van der Waals surface area contributed by atoms with E-state index in [9.17, 15) is 4.79 Å². The zero-order valence-corrected chi connectivity index (χ0v) is 15.4. The van der Waals surface area contributed by atoms with Crippen molar-refractivity contribution in [3.05, 3.63) is 60.8 Å². The molecule has 1 fully saturated rings. The van der Waals surface area contributed by atoms with Crippen molar-refractivity contribution in [3.8, 4) is 0 Å². The lowest BCUT2D eigenvalue weighted by Gasteiger charge is -2.33. The second-order valence-electron chi connectivity index (χ2n) is 7.13. The van der Waals surface area contributed by atoms with Gasteiger partial charge < -0.3 is 19.0 Å². The molecule has 28 heavy (non-hydrogen) atoms. The van der Waals surface area contributed by atoms with Crippen LogP contribution in [0.3, 0.4) is 0 Å². The molecular weight excluding hydrogens is 354 g/mol. The summed E-state index contributed by atoms with van der Waals surface area (Å²) in [7, 11) is 0. The zero-order valence-electron chi connectivity index (χ0n) is 15.4. The van der Waals surface area contributed by atoms with Gasteiger partial charge in [0.15, 0.2) is 11.5 Å². The molecule has 0 aliphatic carbocycles. The monoisotopic (exact) mass is 375 g/mol. The maximum Gasteiger partial charge on any atom is 0.225 e. The van der Waals surface area contributed by atoms with Crippen LogP contribution in [-0.4, -0.2) is 33.4 Å². The summed E-state index contributed by atoms with van der Waals surface area (Å²) in [6.45, 7) is 1.95. The summed E-state index contributed by atoms with van der Waals surface area (Å²) in [6.07, 6.45) is 7.24. The summed E-state index contributed by atoms with van der Waals surface area (Å²) in [5, 5.41) is 2.99. The molecule has 142 valence electrons. The number of amides is 1. The number of fused-ring (bicyclic) bond motifs is 3. The topological polar surface area (TPSA) is 75.7 Å². The molecular formula is C21H21N5O2. The molecule has 0 saturated carbocycles. The van der Waals surface area contributed by atoms with Crippen molar-refractivity contribution >= 4 is 28.4 Å². The molecule has 4 aromatic rings. The lowest BCUT2D eigenvalue weighted by molar-refractivity contribution is -0.125. The van der Waals surface area contributed by atoms with E-state index >= 15 is 0 Å². The van der Waals surface area contributed by atoms with Crippen molar-refractivity contribution in [2.75, 3.05) is 18.0 Å². The van der Waals surface area contributed by atoms with Crippen molar-refractivity contribution in [2.45, 2.75) is 19.4 Å². The molecule has 1 atom stereocenters. The average molecular weight is 375 g/mol. The predicted molar refractivity (Wildman–Crippen MR) is 106 cm³/mol. The summed E-state index contributed by atoms with van der Waals surface area (Å²) in [4.78, 5) is 24.1. The van der Waals surface area contributed by atoms with Gasteiger partial charge in [0, 0.05) is 25.5 Å². The molecule has 0 bridgehead atoms. The molecule has 7 nitrogen and oxygen atoms in total. The third-order valence-electron chi connectivity index (χ3n) is 5.32. The number of rotatable bonds is 4. The van der Waals surface area contributed by atoms with Crippen LogP contribution in [0.2, 0.25) is 0 Å². The average Bonchev–Trinajstić information content (AvgIpc) is 3.43. The normalized spacial score (nSPS) is 17.3. The largest absolute Gasteiger partial charge is 0.467 e. The third-order valence-corrected chi connectivity index (χ3v) is 5.32. The fourth-order valence-electron chi connectivity index (χ4n) is 3.94. The van der Waals surface area contributed by atoms with Gasteiger partial charge in [-0.25, -0.2) is 9.97 Å². The van der Waals surface area contributed by atoms with E-state index in [1.54, 1.807) is 12.5 Å². The van der Waals surface area contributed by atoms with Gasteiger partial charge in [-0.1, -0.05) is 0 Å². The second-order valence-corrected chi connectivity index (χ2v) is 7.13. The number of pyridine rings is 1. The number of aromatic nitrogens is 3. The zero-order chi connectivity index (χ0) is 18.9. The Morgan fingerprint density at radius 2 is 2.14 bits per heavy atom. The number of nitrogens with one attached hydrogen (secondary N) is 1. The highest BCUT2D eigenvalue weighted by Crippen LogP contribution is 2.28. The third kappa shape index (κ3) is 2.98. The Morgan fingerprint density at radius 3 is 3.04 bits per heavy atom. The summed E-state index contributed by atoms with van der Waals surface area (Å²) in [5.74, 6) is 1.64.